The Kier molecular flexibility index (Phi) is 7.88. The van der Waals surface area contributed by atoms with Crippen molar-refractivity contribution in [3.8, 4) is 0 Å². The average molecular weight is 345 g/mol. The molecule has 1 aromatic carbocycles. The predicted molar refractivity (Wildman–Crippen MR) is 101 cm³/mol. The van der Waals surface area contributed by atoms with E-state index in [-0.39, 0.29) is 24.0 Å². The van der Waals surface area contributed by atoms with Crippen LogP contribution in [-0.2, 0) is 20.9 Å². The molecule has 0 heterocycles. The van der Waals surface area contributed by atoms with Crippen LogP contribution in [0.2, 0.25) is 0 Å². The number of carbonyl (C=O) groups excluding carboxylic acids is 2. The van der Waals surface area contributed by atoms with E-state index in [1.54, 1.807) is 0 Å². The van der Waals surface area contributed by atoms with Gasteiger partial charge in [-0.05, 0) is 53.0 Å². The Balaban J connectivity index is 2.34. The maximum absolute atomic E-state index is 12.2. The van der Waals surface area contributed by atoms with E-state index in [0.29, 0.717) is 6.42 Å². The first-order valence-corrected chi connectivity index (χ1v) is 8.80. The summed E-state index contributed by atoms with van der Waals surface area (Å²) < 4.78 is 5.39. The van der Waals surface area contributed by atoms with E-state index in [9.17, 15) is 9.59 Å². The van der Waals surface area contributed by atoms with Crippen LogP contribution in [0.25, 0.3) is 0 Å². The lowest BCUT2D eigenvalue weighted by Gasteiger charge is -2.20. The van der Waals surface area contributed by atoms with Crippen molar-refractivity contribution >= 4 is 11.9 Å². The molecule has 0 fully saturated rings. The first-order chi connectivity index (χ1) is 11.6. The summed E-state index contributed by atoms with van der Waals surface area (Å²) in [5.41, 5.74) is 0.0976. The van der Waals surface area contributed by atoms with Gasteiger partial charge in [-0.1, -0.05) is 42.5 Å². The molecular weight excluding hydrogens is 314 g/mol. The largest absolute Gasteiger partial charge is 0.460 e. The number of allylic oxidation sites excluding steroid dienone is 1. The third-order valence-corrected chi connectivity index (χ3v) is 3.56. The van der Waals surface area contributed by atoms with E-state index in [2.05, 4.69) is 5.32 Å². The molecule has 25 heavy (non-hydrogen) atoms. The summed E-state index contributed by atoms with van der Waals surface area (Å²) >= 11 is 0. The first kappa shape index (κ1) is 20.9. The van der Waals surface area contributed by atoms with E-state index < -0.39 is 5.41 Å². The number of ether oxygens (including phenoxy) is 1. The lowest BCUT2D eigenvalue weighted by molar-refractivity contribution is -0.152. The number of rotatable bonds is 8. The summed E-state index contributed by atoms with van der Waals surface area (Å²) in [6.45, 7) is 9.85. The van der Waals surface area contributed by atoms with E-state index >= 15 is 0 Å². The van der Waals surface area contributed by atoms with E-state index in [1.807, 2.05) is 77.1 Å². The smallest absolute Gasteiger partial charge is 0.315 e. The molecule has 0 saturated heterocycles. The van der Waals surface area contributed by atoms with E-state index in [4.69, 9.17) is 4.74 Å². The fourth-order valence-electron chi connectivity index (χ4n) is 2.22. The molecule has 4 heteroatoms. The zero-order chi connectivity index (χ0) is 18.9. The molecule has 1 rings (SSSR count). The molecule has 0 aliphatic rings. The van der Waals surface area contributed by atoms with Gasteiger partial charge in [0.1, 0.15) is 6.61 Å². The molecule has 0 saturated carbocycles. The van der Waals surface area contributed by atoms with Gasteiger partial charge in [-0.2, -0.15) is 0 Å². The van der Waals surface area contributed by atoms with Crippen molar-refractivity contribution in [1.82, 2.24) is 5.32 Å². The van der Waals surface area contributed by atoms with Crippen LogP contribution < -0.4 is 5.32 Å². The van der Waals surface area contributed by atoms with Gasteiger partial charge in [-0.15, -0.1) is 0 Å². The quantitative estimate of drug-likeness (QED) is 0.432. The molecule has 4 nitrogen and oxygen atoms in total. The Hall–Kier alpha value is -2.10. The molecule has 1 aromatic rings. The number of nitrogens with one attached hydrogen (secondary N) is 1. The van der Waals surface area contributed by atoms with E-state index in [0.717, 1.165) is 18.4 Å². The molecule has 0 atom stereocenters. The van der Waals surface area contributed by atoms with Crippen LogP contribution in [0.1, 0.15) is 59.4 Å². The van der Waals surface area contributed by atoms with Crippen molar-refractivity contribution in [3.63, 3.8) is 0 Å². The maximum Gasteiger partial charge on any atom is 0.315 e. The van der Waals surface area contributed by atoms with Crippen LogP contribution in [0.5, 0.6) is 0 Å². The van der Waals surface area contributed by atoms with Gasteiger partial charge < -0.3 is 10.1 Å². The van der Waals surface area contributed by atoms with Gasteiger partial charge in [0.25, 0.3) is 0 Å². The second-order valence-electron chi connectivity index (χ2n) is 7.88. The SMILES string of the molecule is CC(C)(C)NC(=O)CCC/C=C\C(C)(C)C(=O)OCc1ccccc1. The minimum atomic E-state index is -0.678. The zero-order valence-electron chi connectivity index (χ0n) is 16.1. The van der Waals surface area contributed by atoms with Crippen LogP contribution >= 0.6 is 0 Å². The molecule has 0 aliphatic heterocycles. The summed E-state index contributed by atoms with van der Waals surface area (Å²) in [5, 5.41) is 2.94. The highest BCUT2D eigenvalue weighted by atomic mass is 16.5. The van der Waals surface area contributed by atoms with Gasteiger partial charge in [-0.3, -0.25) is 9.59 Å². The number of unbranched alkanes of at least 4 members (excludes halogenated alkanes) is 1. The fraction of sp³-hybridized carbons (Fsp3) is 0.524. The third kappa shape index (κ3) is 9.08. The van der Waals surface area contributed by atoms with Crippen molar-refractivity contribution in [2.75, 3.05) is 0 Å². The highest BCUT2D eigenvalue weighted by molar-refractivity contribution is 5.78. The molecule has 1 amide bonds. The highest BCUT2D eigenvalue weighted by Gasteiger charge is 2.26. The number of benzene rings is 1. The van der Waals surface area contributed by atoms with Gasteiger partial charge in [0, 0.05) is 12.0 Å². The average Bonchev–Trinajstić information content (AvgIpc) is 2.51. The van der Waals surface area contributed by atoms with Crippen LogP contribution in [0.3, 0.4) is 0 Å². The summed E-state index contributed by atoms with van der Waals surface area (Å²) in [7, 11) is 0. The van der Waals surface area contributed by atoms with Crippen molar-refractivity contribution in [3.05, 3.63) is 48.0 Å². The van der Waals surface area contributed by atoms with Gasteiger partial charge in [0.05, 0.1) is 5.41 Å². The van der Waals surface area contributed by atoms with Crippen molar-refractivity contribution < 1.29 is 14.3 Å². The maximum atomic E-state index is 12.2. The zero-order valence-corrected chi connectivity index (χ0v) is 16.1. The normalized spacial score (nSPS) is 12.2. The second-order valence-corrected chi connectivity index (χ2v) is 7.88. The summed E-state index contributed by atoms with van der Waals surface area (Å²) in [6.07, 6.45) is 5.82. The minimum Gasteiger partial charge on any atom is -0.460 e. The van der Waals surface area contributed by atoms with Crippen molar-refractivity contribution in [2.45, 2.75) is 66.0 Å². The third-order valence-electron chi connectivity index (χ3n) is 3.56. The molecule has 0 radical (unpaired) electrons. The van der Waals surface area contributed by atoms with Gasteiger partial charge >= 0.3 is 5.97 Å². The molecule has 0 spiro atoms. The predicted octanol–water partition coefficient (Wildman–Crippen LogP) is 4.40. The van der Waals surface area contributed by atoms with Crippen LogP contribution in [0, 0.1) is 5.41 Å². The van der Waals surface area contributed by atoms with Crippen molar-refractivity contribution in [2.24, 2.45) is 5.41 Å². The van der Waals surface area contributed by atoms with E-state index in [1.165, 1.54) is 0 Å². The number of carbonyl (C=O) groups is 2. The Morgan fingerprint density at radius 3 is 2.32 bits per heavy atom. The number of amides is 1. The van der Waals surface area contributed by atoms with Gasteiger partial charge in [0.2, 0.25) is 5.91 Å². The Morgan fingerprint density at radius 2 is 1.72 bits per heavy atom. The standard InChI is InChI=1S/C21H31NO3/c1-20(2,3)22-18(23)14-10-7-11-15-21(4,5)19(24)25-16-17-12-8-6-9-13-17/h6,8-9,11-13,15H,7,10,14,16H2,1-5H3,(H,22,23)/b15-11-. The summed E-state index contributed by atoms with van der Waals surface area (Å²) in [6, 6.07) is 9.63. The summed E-state index contributed by atoms with van der Waals surface area (Å²) in [5.74, 6) is -0.194. The lowest BCUT2D eigenvalue weighted by atomic mass is 9.92. The molecule has 0 bridgehead atoms. The second kappa shape index (κ2) is 9.40. The topological polar surface area (TPSA) is 55.4 Å². The monoisotopic (exact) mass is 345 g/mol. The van der Waals surface area contributed by atoms with Crippen LogP contribution in [-0.4, -0.2) is 17.4 Å². The van der Waals surface area contributed by atoms with Crippen molar-refractivity contribution in [1.29, 1.82) is 0 Å². The highest BCUT2D eigenvalue weighted by Crippen LogP contribution is 2.21. The number of esters is 1. The van der Waals surface area contributed by atoms with Crippen LogP contribution in [0.15, 0.2) is 42.5 Å². The summed E-state index contributed by atoms with van der Waals surface area (Å²) in [4.78, 5) is 24.0. The molecule has 0 unspecified atom stereocenters. The minimum absolute atomic E-state index is 0.0578. The Morgan fingerprint density at radius 1 is 1.08 bits per heavy atom. The molecule has 0 aliphatic carbocycles. The molecule has 0 aromatic heterocycles. The molecule has 1 N–H and O–H groups in total. The number of hydrogen-bond donors (Lipinski definition) is 1. The van der Waals surface area contributed by atoms with Gasteiger partial charge in [-0.25, -0.2) is 0 Å². The van der Waals surface area contributed by atoms with Gasteiger partial charge in [0.15, 0.2) is 0 Å². The molecular formula is C21H31NO3. The lowest BCUT2D eigenvalue weighted by Crippen LogP contribution is -2.40. The molecule has 138 valence electrons. The van der Waals surface area contributed by atoms with Crippen LogP contribution in [0.4, 0.5) is 0 Å². The fourth-order valence-corrected chi connectivity index (χ4v) is 2.22. The number of hydrogen-bond acceptors (Lipinski definition) is 3. The Labute approximate surface area is 151 Å². The Bertz CT molecular complexity index is 583. The first-order valence-electron chi connectivity index (χ1n) is 8.80.